The Bertz CT molecular complexity index is 630. The van der Waals surface area contributed by atoms with Crippen LogP contribution >= 0.6 is 12.2 Å². The van der Waals surface area contributed by atoms with Crippen molar-refractivity contribution in [3.63, 3.8) is 0 Å². The number of anilines is 1. The summed E-state index contributed by atoms with van der Waals surface area (Å²) >= 11 is 5.48. The number of hydrogen-bond acceptors (Lipinski definition) is 3. The smallest absolute Gasteiger partial charge is 0.182 e. The van der Waals surface area contributed by atoms with E-state index in [9.17, 15) is 0 Å². The number of thiocarbonyl (C=S) groups is 1. The lowest BCUT2D eigenvalue weighted by atomic mass is 10.2. The fraction of sp³-hybridized carbons (Fsp3) is 0.312. The minimum atomic E-state index is 0.633. The summed E-state index contributed by atoms with van der Waals surface area (Å²) in [4.78, 5) is 3.41. The number of quaternary nitrogens is 1. The van der Waals surface area contributed by atoms with E-state index in [-0.39, 0.29) is 0 Å². The van der Waals surface area contributed by atoms with Gasteiger partial charge in [-0.25, -0.2) is 0 Å². The van der Waals surface area contributed by atoms with Crippen molar-refractivity contribution in [1.29, 1.82) is 0 Å². The molecular weight excluding hydrogens is 298 g/mol. The van der Waals surface area contributed by atoms with Crippen LogP contribution in [0.15, 0.2) is 47.1 Å². The van der Waals surface area contributed by atoms with E-state index < -0.39 is 0 Å². The average Bonchev–Trinajstić information content (AvgIpc) is 3.03. The van der Waals surface area contributed by atoms with Crippen molar-refractivity contribution in [2.45, 2.75) is 13.5 Å². The molecule has 2 heterocycles. The maximum Gasteiger partial charge on any atom is 0.182 e. The summed E-state index contributed by atoms with van der Waals surface area (Å²) in [5.74, 6) is 1.83. The summed E-state index contributed by atoms with van der Waals surface area (Å²) in [7, 11) is 0. The molecule has 0 radical (unpaired) electrons. The normalized spacial score (nSPS) is 18.1. The van der Waals surface area contributed by atoms with Crippen LogP contribution in [0, 0.1) is 0 Å². The van der Waals surface area contributed by atoms with Gasteiger partial charge in [0.25, 0.3) is 0 Å². The Kier molecular flexibility index (Phi) is 4.60. The maximum absolute atomic E-state index is 5.72. The Morgan fingerprint density at radius 3 is 2.95 bits per heavy atom. The molecule has 6 heteroatoms. The van der Waals surface area contributed by atoms with Gasteiger partial charge < -0.3 is 14.5 Å². The van der Waals surface area contributed by atoms with Crippen LogP contribution in [-0.2, 0) is 6.54 Å². The van der Waals surface area contributed by atoms with E-state index in [0.717, 1.165) is 42.2 Å². The number of para-hydroxylation sites is 2. The van der Waals surface area contributed by atoms with E-state index in [4.69, 9.17) is 21.4 Å². The molecule has 0 saturated carbocycles. The number of hydrogen-bond donors (Lipinski definition) is 2. The van der Waals surface area contributed by atoms with E-state index in [1.54, 1.807) is 6.26 Å². The number of benzene rings is 1. The molecule has 5 nitrogen and oxygen atoms in total. The Labute approximate surface area is 135 Å². The Hall–Kier alpha value is -2.05. The van der Waals surface area contributed by atoms with Gasteiger partial charge in [0.05, 0.1) is 18.6 Å². The first-order valence-corrected chi connectivity index (χ1v) is 7.82. The molecule has 1 aromatic carbocycles. The zero-order valence-electron chi connectivity index (χ0n) is 12.5. The zero-order valence-corrected chi connectivity index (χ0v) is 13.4. The highest BCUT2D eigenvalue weighted by molar-refractivity contribution is 7.80. The Morgan fingerprint density at radius 1 is 1.32 bits per heavy atom. The fourth-order valence-electron chi connectivity index (χ4n) is 2.58. The van der Waals surface area contributed by atoms with Crippen LogP contribution in [0.2, 0.25) is 0 Å². The third-order valence-corrected chi connectivity index (χ3v) is 3.94. The van der Waals surface area contributed by atoms with Gasteiger partial charge in [0.2, 0.25) is 0 Å². The van der Waals surface area contributed by atoms with Crippen molar-refractivity contribution in [3.05, 3.63) is 48.4 Å². The fourth-order valence-corrected chi connectivity index (χ4v) is 2.81. The highest BCUT2D eigenvalue weighted by Crippen LogP contribution is 2.27. The quantitative estimate of drug-likeness (QED) is 0.815. The summed E-state index contributed by atoms with van der Waals surface area (Å²) in [6.45, 7) is 4.99. The minimum absolute atomic E-state index is 0.633. The van der Waals surface area contributed by atoms with Gasteiger partial charge >= 0.3 is 0 Å². The van der Waals surface area contributed by atoms with Crippen molar-refractivity contribution < 1.29 is 14.1 Å². The number of rotatable bonds is 5. The minimum Gasteiger partial charge on any atom is -0.492 e. The summed E-state index contributed by atoms with van der Waals surface area (Å²) in [5.41, 5.74) is 0.999. The molecule has 1 fully saturated rings. The van der Waals surface area contributed by atoms with Crippen molar-refractivity contribution >= 4 is 23.0 Å². The van der Waals surface area contributed by atoms with Crippen LogP contribution in [-0.4, -0.2) is 25.1 Å². The molecular formula is C16H20N3O2S+. The number of ether oxygens (including phenoxy) is 1. The first-order chi connectivity index (χ1) is 10.8. The molecule has 0 amide bonds. The lowest BCUT2D eigenvalue weighted by Crippen LogP contribution is -3.16. The molecule has 2 aromatic rings. The molecule has 1 aromatic heterocycles. The molecule has 0 bridgehead atoms. The predicted molar refractivity (Wildman–Crippen MR) is 88.9 cm³/mol. The van der Waals surface area contributed by atoms with Crippen LogP contribution in [0.3, 0.4) is 0 Å². The van der Waals surface area contributed by atoms with Gasteiger partial charge in [0, 0.05) is 0 Å². The summed E-state index contributed by atoms with van der Waals surface area (Å²) in [5, 5.41) is 4.02. The predicted octanol–water partition coefficient (Wildman–Crippen LogP) is 1.37. The standard InChI is InChI=1S/C16H19N3O2S/c1-2-20-15-8-4-3-7-14(15)19-12-18(11-17-16(19)22)10-13-6-5-9-21-13/h3-9H,2,10-12H2,1H3,(H,17,22)/p+1. The second-order valence-corrected chi connectivity index (χ2v) is 5.54. The largest absolute Gasteiger partial charge is 0.492 e. The first kappa shape index (κ1) is 14.9. The third kappa shape index (κ3) is 3.23. The van der Waals surface area contributed by atoms with Gasteiger partial charge in [-0.15, -0.1) is 0 Å². The van der Waals surface area contributed by atoms with Gasteiger partial charge in [-0.1, -0.05) is 12.1 Å². The van der Waals surface area contributed by atoms with Crippen LogP contribution in [0.25, 0.3) is 0 Å². The number of nitrogens with zero attached hydrogens (tertiary/aromatic N) is 1. The summed E-state index contributed by atoms with van der Waals surface area (Å²) < 4.78 is 11.2. The van der Waals surface area contributed by atoms with Crippen molar-refractivity contribution in [2.24, 2.45) is 0 Å². The highest BCUT2D eigenvalue weighted by atomic mass is 32.1. The van der Waals surface area contributed by atoms with E-state index >= 15 is 0 Å². The molecule has 1 aliphatic heterocycles. The van der Waals surface area contributed by atoms with Gasteiger partial charge in [-0.05, 0) is 43.4 Å². The van der Waals surface area contributed by atoms with E-state index in [2.05, 4.69) is 10.2 Å². The molecule has 2 N–H and O–H groups in total. The first-order valence-electron chi connectivity index (χ1n) is 7.41. The van der Waals surface area contributed by atoms with Crippen molar-refractivity contribution in [2.75, 3.05) is 24.8 Å². The topological polar surface area (TPSA) is 42.1 Å². The molecule has 1 saturated heterocycles. The molecule has 1 atom stereocenters. The van der Waals surface area contributed by atoms with Gasteiger partial charge in [0.15, 0.2) is 24.2 Å². The maximum atomic E-state index is 5.72. The molecule has 0 aliphatic carbocycles. The second-order valence-electron chi connectivity index (χ2n) is 5.15. The lowest BCUT2D eigenvalue weighted by Gasteiger charge is -2.35. The molecule has 0 spiro atoms. The Balaban J connectivity index is 1.78. The SMILES string of the molecule is CCOc1ccccc1N1C[NH+](Cc2ccco2)CNC1=S. The molecule has 1 unspecified atom stereocenters. The Morgan fingerprint density at radius 2 is 2.18 bits per heavy atom. The van der Waals surface area contributed by atoms with E-state index in [1.807, 2.05) is 43.3 Å². The second kappa shape index (κ2) is 6.81. The van der Waals surface area contributed by atoms with E-state index in [1.165, 1.54) is 4.90 Å². The molecule has 116 valence electrons. The van der Waals surface area contributed by atoms with Crippen LogP contribution in [0.5, 0.6) is 5.75 Å². The third-order valence-electron chi connectivity index (χ3n) is 3.58. The molecule has 3 rings (SSSR count). The van der Waals surface area contributed by atoms with Crippen molar-refractivity contribution in [3.8, 4) is 5.75 Å². The van der Waals surface area contributed by atoms with E-state index in [0.29, 0.717) is 6.61 Å². The van der Waals surface area contributed by atoms with Gasteiger partial charge in [0.1, 0.15) is 12.3 Å². The average molecular weight is 318 g/mol. The van der Waals surface area contributed by atoms with Gasteiger partial charge in [-0.3, -0.25) is 9.80 Å². The highest BCUT2D eigenvalue weighted by Gasteiger charge is 2.27. The van der Waals surface area contributed by atoms with Gasteiger partial charge in [-0.2, -0.15) is 0 Å². The van der Waals surface area contributed by atoms with Crippen LogP contribution in [0.1, 0.15) is 12.7 Å². The molecule has 22 heavy (non-hydrogen) atoms. The monoisotopic (exact) mass is 318 g/mol. The lowest BCUT2D eigenvalue weighted by molar-refractivity contribution is -0.917. The molecule has 1 aliphatic rings. The van der Waals surface area contributed by atoms with Crippen molar-refractivity contribution in [1.82, 2.24) is 5.32 Å². The van der Waals surface area contributed by atoms with Crippen LogP contribution < -0.4 is 19.9 Å². The zero-order chi connectivity index (χ0) is 15.4. The summed E-state index contributed by atoms with van der Waals surface area (Å²) in [6, 6.07) is 11.9. The number of nitrogens with one attached hydrogen (secondary N) is 2. The number of furan rings is 1. The summed E-state index contributed by atoms with van der Waals surface area (Å²) in [6.07, 6.45) is 1.71. The van der Waals surface area contributed by atoms with Crippen LogP contribution in [0.4, 0.5) is 5.69 Å².